The summed E-state index contributed by atoms with van der Waals surface area (Å²) in [7, 11) is 0. The normalized spacial score (nSPS) is 12.3. The first-order valence-electron chi connectivity index (χ1n) is 12.7. The largest absolute Gasteiger partial charge is 0.443 e. The lowest BCUT2D eigenvalue weighted by Crippen LogP contribution is -2.26. The summed E-state index contributed by atoms with van der Waals surface area (Å²) in [6.07, 6.45) is 7.91. The summed E-state index contributed by atoms with van der Waals surface area (Å²) in [6.45, 7) is 11.0. The van der Waals surface area contributed by atoms with Crippen LogP contribution in [0.1, 0.15) is 58.1 Å². The number of benzene rings is 2. The SMILES string of the molecule is CC/C(=C/COCc1ccccc1)CCCNCCc1cn(C(=O)OC(C)(C)C)c2ccccc12. The quantitative estimate of drug-likeness (QED) is 0.228. The number of hydrogen-bond donors (Lipinski definition) is 1. The van der Waals surface area contributed by atoms with Gasteiger partial charge in [-0.15, -0.1) is 0 Å². The van der Waals surface area contributed by atoms with E-state index in [4.69, 9.17) is 9.47 Å². The van der Waals surface area contributed by atoms with Crippen LogP contribution in [0.15, 0.2) is 72.4 Å². The molecule has 3 aromatic rings. The highest BCUT2D eigenvalue weighted by Gasteiger charge is 2.20. The maximum atomic E-state index is 12.7. The molecule has 0 bridgehead atoms. The molecule has 0 saturated carbocycles. The van der Waals surface area contributed by atoms with Crippen LogP contribution in [-0.4, -0.2) is 36.0 Å². The van der Waals surface area contributed by atoms with Crippen LogP contribution in [-0.2, 0) is 22.5 Å². The zero-order chi connectivity index (χ0) is 25.1. The van der Waals surface area contributed by atoms with Gasteiger partial charge in [0.05, 0.1) is 18.7 Å². The fraction of sp³-hybridized carbons (Fsp3) is 0.433. The Morgan fingerprint density at radius 3 is 2.51 bits per heavy atom. The molecule has 0 fully saturated rings. The maximum absolute atomic E-state index is 12.7. The summed E-state index contributed by atoms with van der Waals surface area (Å²) in [4.78, 5) is 12.7. The number of allylic oxidation sites excluding steroid dienone is 1. The van der Waals surface area contributed by atoms with Gasteiger partial charge in [-0.3, -0.25) is 4.57 Å². The number of hydrogen-bond acceptors (Lipinski definition) is 4. The molecule has 1 aromatic heterocycles. The Morgan fingerprint density at radius 1 is 1.03 bits per heavy atom. The molecular formula is C30H40N2O3. The second-order valence-corrected chi connectivity index (χ2v) is 9.84. The van der Waals surface area contributed by atoms with Gasteiger partial charge in [0, 0.05) is 11.6 Å². The second-order valence-electron chi connectivity index (χ2n) is 9.84. The molecule has 0 radical (unpaired) electrons. The lowest BCUT2D eigenvalue weighted by atomic mass is 10.1. The summed E-state index contributed by atoms with van der Waals surface area (Å²) in [5.74, 6) is 0. The van der Waals surface area contributed by atoms with Gasteiger partial charge in [-0.2, -0.15) is 0 Å². The average Bonchev–Trinajstić information content (AvgIpc) is 3.21. The molecule has 0 spiro atoms. The number of fused-ring (bicyclic) bond motifs is 1. The highest BCUT2D eigenvalue weighted by Crippen LogP contribution is 2.23. The number of para-hydroxylation sites is 1. The highest BCUT2D eigenvalue weighted by atomic mass is 16.6. The zero-order valence-electron chi connectivity index (χ0n) is 21.7. The summed E-state index contributed by atoms with van der Waals surface area (Å²) in [5.41, 5.74) is 4.18. The number of carbonyl (C=O) groups is 1. The van der Waals surface area contributed by atoms with Gasteiger partial charge in [0.2, 0.25) is 0 Å². The minimum Gasteiger partial charge on any atom is -0.443 e. The lowest BCUT2D eigenvalue weighted by molar-refractivity contribution is 0.0544. The van der Waals surface area contributed by atoms with E-state index in [9.17, 15) is 4.79 Å². The molecule has 188 valence electrons. The Bertz CT molecular complexity index is 1090. The van der Waals surface area contributed by atoms with E-state index in [1.165, 1.54) is 11.1 Å². The minimum atomic E-state index is -0.524. The van der Waals surface area contributed by atoms with Gasteiger partial charge in [0.15, 0.2) is 0 Å². The molecule has 3 rings (SSSR count). The first-order chi connectivity index (χ1) is 16.9. The van der Waals surface area contributed by atoms with E-state index in [2.05, 4.69) is 36.5 Å². The van der Waals surface area contributed by atoms with Crippen molar-refractivity contribution in [2.24, 2.45) is 0 Å². The third kappa shape index (κ3) is 8.68. The molecule has 5 heteroatoms. The predicted molar refractivity (Wildman–Crippen MR) is 144 cm³/mol. The second kappa shape index (κ2) is 13.3. The van der Waals surface area contributed by atoms with Crippen LogP contribution in [0.3, 0.4) is 0 Å². The molecule has 1 N–H and O–H groups in total. The van der Waals surface area contributed by atoms with Crippen molar-refractivity contribution >= 4 is 17.0 Å². The monoisotopic (exact) mass is 476 g/mol. The first-order valence-corrected chi connectivity index (χ1v) is 12.7. The van der Waals surface area contributed by atoms with E-state index in [0.717, 1.165) is 55.2 Å². The Morgan fingerprint density at radius 2 is 1.77 bits per heavy atom. The summed E-state index contributed by atoms with van der Waals surface area (Å²) < 4.78 is 13.0. The fourth-order valence-electron chi connectivity index (χ4n) is 4.05. The molecular weight excluding hydrogens is 436 g/mol. The van der Waals surface area contributed by atoms with Crippen LogP contribution in [0.25, 0.3) is 10.9 Å². The molecule has 0 saturated heterocycles. The smallest absolute Gasteiger partial charge is 0.419 e. The van der Waals surface area contributed by atoms with Gasteiger partial charge in [0.1, 0.15) is 5.60 Å². The zero-order valence-corrected chi connectivity index (χ0v) is 21.7. The average molecular weight is 477 g/mol. The first kappa shape index (κ1) is 26.7. The standard InChI is InChI=1S/C30H40N2O3/c1-5-24(18-21-34-23-25-12-7-6-8-13-25)14-11-19-31-20-17-26-22-32(29(33)35-30(2,3)4)28-16-10-9-15-27(26)28/h6-10,12-13,15-16,18,22,31H,5,11,14,17,19-21,23H2,1-4H3/b24-18-. The summed E-state index contributed by atoms with van der Waals surface area (Å²) in [6, 6.07) is 18.3. The number of rotatable bonds is 12. The third-order valence-corrected chi connectivity index (χ3v) is 5.86. The van der Waals surface area contributed by atoms with E-state index in [0.29, 0.717) is 13.2 Å². The van der Waals surface area contributed by atoms with Crippen LogP contribution in [0.5, 0.6) is 0 Å². The molecule has 0 aliphatic rings. The van der Waals surface area contributed by atoms with Crippen molar-refractivity contribution in [3.63, 3.8) is 0 Å². The molecule has 0 aliphatic carbocycles. The van der Waals surface area contributed by atoms with Crippen LogP contribution in [0.2, 0.25) is 0 Å². The van der Waals surface area contributed by atoms with Crippen LogP contribution >= 0.6 is 0 Å². The van der Waals surface area contributed by atoms with Crippen LogP contribution in [0, 0.1) is 0 Å². The number of nitrogens with one attached hydrogen (secondary N) is 1. The molecule has 35 heavy (non-hydrogen) atoms. The Kier molecular flexibility index (Phi) is 10.1. The van der Waals surface area contributed by atoms with Gasteiger partial charge < -0.3 is 14.8 Å². The molecule has 0 atom stereocenters. The Hall–Kier alpha value is -2.89. The van der Waals surface area contributed by atoms with Crippen LogP contribution < -0.4 is 5.32 Å². The van der Waals surface area contributed by atoms with Crippen molar-refractivity contribution in [3.05, 3.63) is 83.6 Å². The van der Waals surface area contributed by atoms with Crippen molar-refractivity contribution in [1.29, 1.82) is 0 Å². The van der Waals surface area contributed by atoms with E-state index in [-0.39, 0.29) is 6.09 Å². The van der Waals surface area contributed by atoms with Crippen LogP contribution in [0.4, 0.5) is 4.79 Å². The van der Waals surface area contributed by atoms with Gasteiger partial charge in [-0.1, -0.05) is 67.1 Å². The minimum absolute atomic E-state index is 0.334. The van der Waals surface area contributed by atoms with Crippen molar-refractivity contribution in [2.45, 2.75) is 65.6 Å². The molecule has 2 aromatic carbocycles. The molecule has 5 nitrogen and oxygen atoms in total. The van der Waals surface area contributed by atoms with Crippen molar-refractivity contribution < 1.29 is 14.3 Å². The molecule has 0 unspecified atom stereocenters. The van der Waals surface area contributed by atoms with Gasteiger partial charge in [0.25, 0.3) is 0 Å². The number of carbonyl (C=O) groups excluding carboxylic acids is 1. The number of aromatic nitrogens is 1. The number of ether oxygens (including phenoxy) is 2. The van der Waals surface area contributed by atoms with E-state index in [1.807, 2.05) is 63.4 Å². The third-order valence-electron chi connectivity index (χ3n) is 5.86. The Labute approximate surface area is 210 Å². The highest BCUT2D eigenvalue weighted by molar-refractivity contribution is 5.92. The van der Waals surface area contributed by atoms with Gasteiger partial charge >= 0.3 is 6.09 Å². The summed E-state index contributed by atoms with van der Waals surface area (Å²) in [5, 5.41) is 4.66. The number of nitrogens with zero attached hydrogens (tertiary/aromatic N) is 1. The maximum Gasteiger partial charge on any atom is 0.419 e. The molecule has 0 amide bonds. The van der Waals surface area contributed by atoms with E-state index < -0.39 is 5.60 Å². The van der Waals surface area contributed by atoms with E-state index in [1.54, 1.807) is 4.57 Å². The predicted octanol–water partition coefficient (Wildman–Crippen LogP) is 6.89. The molecule has 0 aliphatic heterocycles. The lowest BCUT2D eigenvalue weighted by Gasteiger charge is -2.19. The van der Waals surface area contributed by atoms with Crippen molar-refractivity contribution in [2.75, 3.05) is 19.7 Å². The topological polar surface area (TPSA) is 52.5 Å². The fourth-order valence-corrected chi connectivity index (χ4v) is 4.05. The van der Waals surface area contributed by atoms with E-state index >= 15 is 0 Å². The van der Waals surface area contributed by atoms with Crippen molar-refractivity contribution in [3.8, 4) is 0 Å². The summed E-state index contributed by atoms with van der Waals surface area (Å²) >= 11 is 0. The van der Waals surface area contributed by atoms with Gasteiger partial charge in [-0.05, 0) is 76.7 Å². The van der Waals surface area contributed by atoms with Gasteiger partial charge in [-0.25, -0.2) is 4.79 Å². The molecule has 1 heterocycles. The Balaban J connectivity index is 1.41. The van der Waals surface area contributed by atoms with Crippen molar-refractivity contribution in [1.82, 2.24) is 9.88 Å².